The molecule has 1 saturated carbocycles. The van der Waals surface area contributed by atoms with Gasteiger partial charge in [-0.15, -0.1) is 12.4 Å². The van der Waals surface area contributed by atoms with Crippen LogP contribution in [0.25, 0.3) is 0 Å². The Balaban J connectivity index is 0.00000147. The van der Waals surface area contributed by atoms with E-state index in [0.717, 1.165) is 25.2 Å². The van der Waals surface area contributed by atoms with Crippen molar-refractivity contribution in [2.24, 2.45) is 17.6 Å². The zero-order valence-corrected chi connectivity index (χ0v) is 13.0. The number of nitrogens with zero attached hydrogens (tertiary/aromatic N) is 2. The van der Waals surface area contributed by atoms with E-state index in [1.54, 1.807) is 0 Å². The lowest BCUT2D eigenvalue weighted by molar-refractivity contribution is 0.0767. The van der Waals surface area contributed by atoms with Gasteiger partial charge in [-0.05, 0) is 50.7 Å². The van der Waals surface area contributed by atoms with Gasteiger partial charge in [0.1, 0.15) is 5.69 Å². The Hall–Kier alpha value is -1.00. The summed E-state index contributed by atoms with van der Waals surface area (Å²) in [4.78, 5) is 14.6. The quantitative estimate of drug-likeness (QED) is 0.910. The molecule has 0 radical (unpaired) electrons. The Morgan fingerprint density at radius 2 is 2.10 bits per heavy atom. The van der Waals surface area contributed by atoms with Crippen molar-refractivity contribution in [2.75, 3.05) is 13.1 Å². The summed E-state index contributed by atoms with van der Waals surface area (Å²) in [5, 5.41) is 0. The van der Waals surface area contributed by atoms with Crippen LogP contribution < -0.4 is 5.73 Å². The monoisotopic (exact) mass is 297 g/mol. The minimum Gasteiger partial charge on any atom is -0.341 e. The standard InChI is InChI=1S/C15H23N3O.ClH/c1-10(2)18-7-3-4-14(18)15(19)17-8-11-5-6-13(16)12(11)9-17;/h3-4,7,10-13H,5-6,8-9,16H2,1-2H3;1H. The van der Waals surface area contributed by atoms with E-state index in [0.29, 0.717) is 23.9 Å². The van der Waals surface area contributed by atoms with Crippen LogP contribution in [0.1, 0.15) is 43.2 Å². The summed E-state index contributed by atoms with van der Waals surface area (Å²) in [5.74, 6) is 1.31. The molecule has 3 atom stereocenters. The van der Waals surface area contributed by atoms with Gasteiger partial charge < -0.3 is 15.2 Å². The van der Waals surface area contributed by atoms with Crippen LogP contribution in [-0.4, -0.2) is 34.5 Å². The molecular weight excluding hydrogens is 274 g/mol. The minimum absolute atomic E-state index is 0. The predicted molar refractivity (Wildman–Crippen MR) is 82.2 cm³/mol. The molecule has 2 N–H and O–H groups in total. The maximum atomic E-state index is 12.6. The highest BCUT2D eigenvalue weighted by Crippen LogP contribution is 2.37. The van der Waals surface area contributed by atoms with Crippen LogP contribution in [-0.2, 0) is 0 Å². The number of nitrogens with two attached hydrogens (primary N) is 1. The van der Waals surface area contributed by atoms with Gasteiger partial charge in [-0.2, -0.15) is 0 Å². The third kappa shape index (κ3) is 2.47. The number of aromatic nitrogens is 1. The molecule has 0 aromatic carbocycles. The van der Waals surface area contributed by atoms with E-state index in [4.69, 9.17) is 5.73 Å². The van der Waals surface area contributed by atoms with Gasteiger partial charge in [0, 0.05) is 31.4 Å². The first-order chi connectivity index (χ1) is 9.08. The summed E-state index contributed by atoms with van der Waals surface area (Å²) in [7, 11) is 0. The molecule has 2 fully saturated rings. The fourth-order valence-electron chi connectivity index (χ4n) is 3.66. The summed E-state index contributed by atoms with van der Waals surface area (Å²) in [6.45, 7) is 5.94. The van der Waals surface area contributed by atoms with Crippen LogP contribution in [0.15, 0.2) is 18.3 Å². The molecule has 0 spiro atoms. The summed E-state index contributed by atoms with van der Waals surface area (Å²) in [6, 6.07) is 4.49. The van der Waals surface area contributed by atoms with E-state index in [2.05, 4.69) is 18.4 Å². The van der Waals surface area contributed by atoms with Crippen LogP contribution in [0.5, 0.6) is 0 Å². The number of hydrogen-bond donors (Lipinski definition) is 1. The topological polar surface area (TPSA) is 51.3 Å². The molecule has 1 aromatic rings. The lowest BCUT2D eigenvalue weighted by Crippen LogP contribution is -2.34. The van der Waals surface area contributed by atoms with E-state index >= 15 is 0 Å². The molecule has 1 amide bonds. The van der Waals surface area contributed by atoms with Crippen LogP contribution in [0.4, 0.5) is 0 Å². The summed E-state index contributed by atoms with van der Waals surface area (Å²) >= 11 is 0. The van der Waals surface area contributed by atoms with Crippen molar-refractivity contribution in [1.29, 1.82) is 0 Å². The lowest BCUT2D eigenvalue weighted by atomic mass is 9.98. The molecule has 112 valence electrons. The Morgan fingerprint density at radius 3 is 2.75 bits per heavy atom. The van der Waals surface area contributed by atoms with E-state index in [1.165, 1.54) is 6.42 Å². The molecule has 1 aliphatic heterocycles. The molecule has 1 aliphatic carbocycles. The zero-order valence-electron chi connectivity index (χ0n) is 12.2. The third-order valence-electron chi connectivity index (χ3n) is 4.75. The summed E-state index contributed by atoms with van der Waals surface area (Å²) < 4.78 is 2.05. The van der Waals surface area contributed by atoms with Crippen molar-refractivity contribution in [2.45, 2.75) is 38.8 Å². The molecule has 2 heterocycles. The molecule has 5 heteroatoms. The van der Waals surface area contributed by atoms with E-state index < -0.39 is 0 Å². The Morgan fingerprint density at radius 1 is 1.35 bits per heavy atom. The van der Waals surface area contributed by atoms with Crippen molar-refractivity contribution in [3.05, 3.63) is 24.0 Å². The van der Waals surface area contributed by atoms with E-state index in [-0.39, 0.29) is 18.3 Å². The average molecular weight is 298 g/mol. The first-order valence-corrected chi connectivity index (χ1v) is 7.29. The van der Waals surface area contributed by atoms with Crippen LogP contribution in [0.3, 0.4) is 0 Å². The van der Waals surface area contributed by atoms with Crippen LogP contribution >= 0.6 is 12.4 Å². The van der Waals surface area contributed by atoms with Gasteiger partial charge in [-0.3, -0.25) is 4.79 Å². The minimum atomic E-state index is 0. The smallest absolute Gasteiger partial charge is 0.270 e. The Kier molecular flexibility index (Phi) is 4.45. The van der Waals surface area contributed by atoms with Crippen molar-refractivity contribution in [3.8, 4) is 0 Å². The normalized spacial score (nSPS) is 28.6. The van der Waals surface area contributed by atoms with Gasteiger partial charge in [-0.25, -0.2) is 0 Å². The van der Waals surface area contributed by atoms with Gasteiger partial charge in [0.15, 0.2) is 0 Å². The molecule has 1 saturated heterocycles. The van der Waals surface area contributed by atoms with Gasteiger partial charge >= 0.3 is 0 Å². The van der Waals surface area contributed by atoms with E-state index in [1.807, 2.05) is 23.2 Å². The number of likely N-dealkylation sites (tertiary alicyclic amines) is 1. The predicted octanol–water partition coefficient (Wildman–Crippen LogP) is 2.30. The summed E-state index contributed by atoms with van der Waals surface area (Å²) in [5.41, 5.74) is 6.94. The summed E-state index contributed by atoms with van der Waals surface area (Å²) in [6.07, 6.45) is 4.29. The molecule has 3 rings (SSSR count). The fraction of sp³-hybridized carbons (Fsp3) is 0.667. The SMILES string of the molecule is CC(C)n1cccc1C(=O)N1CC2CCC(N)C2C1.Cl. The zero-order chi connectivity index (χ0) is 13.6. The highest BCUT2D eigenvalue weighted by atomic mass is 35.5. The highest BCUT2D eigenvalue weighted by molar-refractivity contribution is 5.93. The average Bonchev–Trinajstić information content (AvgIpc) is 3.05. The van der Waals surface area contributed by atoms with Crippen molar-refractivity contribution in [3.63, 3.8) is 0 Å². The number of rotatable bonds is 2. The number of halogens is 1. The second-order valence-electron chi connectivity index (χ2n) is 6.27. The molecule has 0 bridgehead atoms. The molecule has 3 unspecified atom stereocenters. The third-order valence-corrected chi connectivity index (χ3v) is 4.75. The van der Waals surface area contributed by atoms with Crippen molar-refractivity contribution < 1.29 is 4.79 Å². The second-order valence-corrected chi connectivity index (χ2v) is 6.27. The van der Waals surface area contributed by atoms with Crippen molar-refractivity contribution in [1.82, 2.24) is 9.47 Å². The van der Waals surface area contributed by atoms with Crippen LogP contribution in [0, 0.1) is 11.8 Å². The molecule has 1 aromatic heterocycles. The maximum absolute atomic E-state index is 12.6. The fourth-order valence-corrected chi connectivity index (χ4v) is 3.66. The molecule has 2 aliphatic rings. The largest absolute Gasteiger partial charge is 0.341 e. The molecule has 4 nitrogen and oxygen atoms in total. The van der Waals surface area contributed by atoms with Crippen molar-refractivity contribution >= 4 is 18.3 Å². The van der Waals surface area contributed by atoms with Gasteiger partial charge in [0.2, 0.25) is 0 Å². The number of fused-ring (bicyclic) bond motifs is 1. The molecular formula is C15H24ClN3O. The van der Waals surface area contributed by atoms with E-state index in [9.17, 15) is 4.79 Å². The lowest BCUT2D eigenvalue weighted by Gasteiger charge is -2.21. The number of carbonyl (C=O) groups excluding carboxylic acids is 1. The number of amides is 1. The maximum Gasteiger partial charge on any atom is 0.270 e. The Bertz CT molecular complexity index is 485. The first kappa shape index (κ1) is 15.4. The van der Waals surface area contributed by atoms with Gasteiger partial charge in [0.05, 0.1) is 0 Å². The first-order valence-electron chi connectivity index (χ1n) is 7.29. The van der Waals surface area contributed by atoms with Crippen LogP contribution in [0.2, 0.25) is 0 Å². The van der Waals surface area contributed by atoms with Gasteiger partial charge in [0.25, 0.3) is 5.91 Å². The van der Waals surface area contributed by atoms with Gasteiger partial charge in [-0.1, -0.05) is 0 Å². The Labute approximate surface area is 126 Å². The highest BCUT2D eigenvalue weighted by Gasteiger charge is 2.42. The number of hydrogen-bond acceptors (Lipinski definition) is 2. The number of carbonyl (C=O) groups is 1. The second kappa shape index (κ2) is 5.78. The molecule has 20 heavy (non-hydrogen) atoms.